The number of carbonyl (C=O) groups is 1. The molecule has 0 aromatic carbocycles. The minimum absolute atomic E-state index is 0.278. The van der Waals surface area contributed by atoms with Gasteiger partial charge in [-0.1, -0.05) is 0 Å². The largest absolute Gasteiger partial charge is 0.382 e. The molecule has 0 bridgehead atoms. The molecule has 1 fully saturated rings. The Hall–Kier alpha value is -0.260. The maximum absolute atomic E-state index is 10.4. The summed E-state index contributed by atoms with van der Waals surface area (Å²) in [5.41, 5.74) is 4.89. The summed E-state index contributed by atoms with van der Waals surface area (Å²) in [4.78, 5) is 10.4. The van der Waals surface area contributed by atoms with Gasteiger partial charge in [-0.2, -0.15) is 11.8 Å². The van der Waals surface area contributed by atoms with Gasteiger partial charge in [0.1, 0.15) is 6.10 Å². The molecule has 12 heavy (non-hydrogen) atoms. The Morgan fingerprint density at radius 3 is 3.08 bits per heavy atom. The number of rotatable bonds is 4. The smallest absolute Gasteiger partial charge is 0.247 e. The van der Waals surface area contributed by atoms with Crippen molar-refractivity contribution in [2.75, 3.05) is 18.1 Å². The van der Waals surface area contributed by atoms with E-state index in [0.29, 0.717) is 6.04 Å². The first-order valence-corrected chi connectivity index (χ1v) is 5.14. The number of amides is 1. The maximum atomic E-state index is 10.4. The fourth-order valence-electron chi connectivity index (χ4n) is 1.07. The predicted octanol–water partition coefficient (Wildman–Crippen LogP) is -1.07. The van der Waals surface area contributed by atoms with Gasteiger partial charge in [-0.05, 0) is 12.2 Å². The average molecular weight is 190 g/mol. The summed E-state index contributed by atoms with van der Waals surface area (Å²) < 4.78 is 0. The third-order valence-electron chi connectivity index (χ3n) is 1.86. The van der Waals surface area contributed by atoms with Crippen LogP contribution in [0.5, 0.6) is 0 Å². The minimum atomic E-state index is -1.05. The highest BCUT2D eigenvalue weighted by Gasteiger charge is 2.17. The monoisotopic (exact) mass is 190 g/mol. The quantitative estimate of drug-likeness (QED) is 0.527. The van der Waals surface area contributed by atoms with E-state index in [-0.39, 0.29) is 6.54 Å². The molecule has 70 valence electrons. The number of nitrogens with one attached hydrogen (secondary N) is 1. The van der Waals surface area contributed by atoms with Crippen LogP contribution in [0.2, 0.25) is 0 Å². The Bertz CT molecular complexity index is 159. The van der Waals surface area contributed by atoms with E-state index in [4.69, 9.17) is 10.8 Å². The number of aliphatic hydroxyl groups is 1. The van der Waals surface area contributed by atoms with Crippen molar-refractivity contribution in [1.82, 2.24) is 5.32 Å². The number of carbonyl (C=O) groups excluding carboxylic acids is 1. The van der Waals surface area contributed by atoms with Crippen LogP contribution in [0.15, 0.2) is 0 Å². The second-order valence-electron chi connectivity index (χ2n) is 2.89. The van der Waals surface area contributed by atoms with Crippen LogP contribution in [0.1, 0.15) is 6.42 Å². The minimum Gasteiger partial charge on any atom is -0.382 e. The van der Waals surface area contributed by atoms with E-state index in [0.717, 1.165) is 17.9 Å². The fourth-order valence-corrected chi connectivity index (χ4v) is 2.26. The van der Waals surface area contributed by atoms with Gasteiger partial charge in [-0.15, -0.1) is 0 Å². The first kappa shape index (κ1) is 9.83. The van der Waals surface area contributed by atoms with Crippen LogP contribution < -0.4 is 11.1 Å². The summed E-state index contributed by atoms with van der Waals surface area (Å²) in [5.74, 6) is 1.56. The molecular weight excluding hydrogens is 176 g/mol. The zero-order chi connectivity index (χ0) is 8.97. The molecular formula is C7H14N2O2S. The van der Waals surface area contributed by atoms with E-state index >= 15 is 0 Å². The Morgan fingerprint density at radius 1 is 1.83 bits per heavy atom. The van der Waals surface area contributed by atoms with Crippen molar-refractivity contribution < 1.29 is 9.90 Å². The fraction of sp³-hybridized carbons (Fsp3) is 0.857. The number of thioether (sulfide) groups is 1. The van der Waals surface area contributed by atoms with Crippen LogP contribution in [0.25, 0.3) is 0 Å². The van der Waals surface area contributed by atoms with E-state index in [1.807, 2.05) is 11.8 Å². The first-order valence-electron chi connectivity index (χ1n) is 3.98. The molecule has 0 aromatic rings. The van der Waals surface area contributed by atoms with E-state index < -0.39 is 12.0 Å². The number of nitrogens with two attached hydrogens (primary N) is 1. The van der Waals surface area contributed by atoms with Crippen molar-refractivity contribution in [2.24, 2.45) is 5.73 Å². The average Bonchev–Trinajstić information content (AvgIpc) is 2.51. The summed E-state index contributed by atoms with van der Waals surface area (Å²) in [7, 11) is 0. The van der Waals surface area contributed by atoms with E-state index in [1.165, 1.54) is 0 Å². The molecule has 0 aliphatic carbocycles. The lowest BCUT2D eigenvalue weighted by molar-refractivity contribution is -0.125. The molecule has 4 N–H and O–H groups in total. The van der Waals surface area contributed by atoms with Gasteiger partial charge in [0.15, 0.2) is 0 Å². The van der Waals surface area contributed by atoms with Crippen molar-refractivity contribution in [3.8, 4) is 0 Å². The lowest BCUT2D eigenvalue weighted by Crippen LogP contribution is -2.41. The predicted molar refractivity (Wildman–Crippen MR) is 48.9 cm³/mol. The lowest BCUT2D eigenvalue weighted by Gasteiger charge is -2.12. The molecule has 0 saturated carbocycles. The highest BCUT2D eigenvalue weighted by molar-refractivity contribution is 7.99. The van der Waals surface area contributed by atoms with Crippen molar-refractivity contribution in [2.45, 2.75) is 18.6 Å². The molecule has 5 heteroatoms. The van der Waals surface area contributed by atoms with Crippen LogP contribution in [0, 0.1) is 0 Å². The van der Waals surface area contributed by atoms with Gasteiger partial charge in [0, 0.05) is 18.3 Å². The molecule has 1 saturated heterocycles. The zero-order valence-corrected chi connectivity index (χ0v) is 7.64. The zero-order valence-electron chi connectivity index (χ0n) is 6.82. The molecule has 0 spiro atoms. The summed E-state index contributed by atoms with van der Waals surface area (Å²) >= 11 is 1.88. The summed E-state index contributed by atoms with van der Waals surface area (Å²) in [6, 6.07) is 0.434. The second kappa shape index (κ2) is 4.69. The third-order valence-corrected chi connectivity index (χ3v) is 3.02. The Morgan fingerprint density at radius 2 is 2.58 bits per heavy atom. The Labute approximate surface area is 75.9 Å². The topological polar surface area (TPSA) is 75.4 Å². The summed E-state index contributed by atoms with van der Waals surface area (Å²) in [5, 5.41) is 12.1. The first-order chi connectivity index (χ1) is 5.70. The van der Waals surface area contributed by atoms with Gasteiger partial charge in [0.2, 0.25) is 5.91 Å². The highest BCUT2D eigenvalue weighted by Crippen LogP contribution is 2.16. The number of hydrogen-bond donors (Lipinski definition) is 3. The van der Waals surface area contributed by atoms with Crippen molar-refractivity contribution >= 4 is 17.7 Å². The van der Waals surface area contributed by atoms with Gasteiger partial charge in [-0.25, -0.2) is 0 Å². The van der Waals surface area contributed by atoms with E-state index in [2.05, 4.69) is 5.32 Å². The standard InChI is InChI=1S/C7H14N2O2S/c8-7(11)6(10)3-9-5-1-2-12-4-5/h5-6,9-10H,1-4H2,(H2,8,11). The number of aliphatic hydroxyl groups excluding tert-OH is 1. The van der Waals surface area contributed by atoms with Crippen molar-refractivity contribution in [3.63, 3.8) is 0 Å². The maximum Gasteiger partial charge on any atom is 0.247 e. The van der Waals surface area contributed by atoms with Crippen molar-refractivity contribution in [3.05, 3.63) is 0 Å². The third kappa shape index (κ3) is 3.00. The molecule has 2 atom stereocenters. The SMILES string of the molecule is NC(=O)C(O)CNC1CCSC1. The van der Waals surface area contributed by atoms with Crippen LogP contribution in [-0.2, 0) is 4.79 Å². The molecule has 1 aliphatic rings. The molecule has 1 aliphatic heterocycles. The summed E-state index contributed by atoms with van der Waals surface area (Å²) in [6.45, 7) is 0.278. The second-order valence-corrected chi connectivity index (χ2v) is 4.04. The molecule has 4 nitrogen and oxygen atoms in total. The van der Waals surface area contributed by atoms with Gasteiger partial charge >= 0.3 is 0 Å². The Kier molecular flexibility index (Phi) is 3.84. The van der Waals surface area contributed by atoms with E-state index in [1.54, 1.807) is 0 Å². The lowest BCUT2D eigenvalue weighted by atomic mass is 10.2. The molecule has 0 radical (unpaired) electrons. The molecule has 2 unspecified atom stereocenters. The van der Waals surface area contributed by atoms with Crippen molar-refractivity contribution in [1.29, 1.82) is 0 Å². The molecule has 1 heterocycles. The van der Waals surface area contributed by atoms with Crippen LogP contribution in [0.3, 0.4) is 0 Å². The van der Waals surface area contributed by atoms with Gasteiger partial charge < -0.3 is 16.2 Å². The van der Waals surface area contributed by atoms with Crippen LogP contribution >= 0.6 is 11.8 Å². The molecule has 0 aromatic heterocycles. The normalized spacial score (nSPS) is 25.6. The number of primary amides is 1. The van der Waals surface area contributed by atoms with Gasteiger partial charge in [-0.3, -0.25) is 4.79 Å². The highest BCUT2D eigenvalue weighted by atomic mass is 32.2. The van der Waals surface area contributed by atoms with E-state index in [9.17, 15) is 4.79 Å². The molecule has 1 rings (SSSR count). The number of hydrogen-bond acceptors (Lipinski definition) is 4. The van der Waals surface area contributed by atoms with Gasteiger partial charge in [0.05, 0.1) is 0 Å². The summed E-state index contributed by atoms with van der Waals surface area (Å²) in [6.07, 6.45) is 0.0615. The van der Waals surface area contributed by atoms with Crippen LogP contribution in [-0.4, -0.2) is 41.2 Å². The van der Waals surface area contributed by atoms with Gasteiger partial charge in [0.25, 0.3) is 0 Å². The van der Waals surface area contributed by atoms with Crippen LogP contribution in [0.4, 0.5) is 0 Å². The molecule has 1 amide bonds. The Balaban J connectivity index is 2.11.